The monoisotopic (exact) mass is 426 g/mol. The highest BCUT2D eigenvalue weighted by atomic mass is 35.5. The minimum absolute atomic E-state index is 0.0907. The molecule has 28 heavy (non-hydrogen) atoms. The van der Waals surface area contributed by atoms with Crippen LogP contribution in [0.15, 0.2) is 41.9 Å². The van der Waals surface area contributed by atoms with Crippen molar-refractivity contribution in [3.63, 3.8) is 0 Å². The van der Waals surface area contributed by atoms with E-state index in [1.54, 1.807) is 18.3 Å². The molecule has 0 aliphatic carbocycles. The summed E-state index contributed by atoms with van der Waals surface area (Å²) in [6.07, 6.45) is -3.14. The highest BCUT2D eigenvalue weighted by molar-refractivity contribution is 6.42. The third kappa shape index (κ3) is 3.06. The smallest absolute Gasteiger partial charge is 0.203 e. The summed E-state index contributed by atoms with van der Waals surface area (Å²) < 4.78 is 7.33. The maximum Gasteiger partial charge on any atom is 0.203 e. The molecule has 3 heterocycles. The van der Waals surface area contributed by atoms with Crippen LogP contribution >= 0.6 is 23.2 Å². The Morgan fingerprint density at radius 1 is 1.18 bits per heavy atom. The van der Waals surface area contributed by atoms with E-state index >= 15 is 0 Å². The first kappa shape index (κ1) is 19.2. The molecule has 11 heteroatoms. The van der Waals surface area contributed by atoms with Gasteiger partial charge in [0.25, 0.3) is 0 Å². The Kier molecular flexibility index (Phi) is 5.04. The number of hydrogen-bond donors (Lipinski definition) is 5. The van der Waals surface area contributed by atoms with Crippen molar-refractivity contribution in [3.8, 4) is 0 Å². The molecule has 1 fully saturated rings. The van der Waals surface area contributed by atoms with E-state index in [4.69, 9.17) is 33.1 Å². The number of benzene rings is 1. The molecule has 3 aromatic rings. The van der Waals surface area contributed by atoms with Gasteiger partial charge in [0.05, 0.1) is 21.8 Å². The van der Waals surface area contributed by atoms with Crippen LogP contribution in [-0.2, 0) is 4.74 Å². The maximum atomic E-state index is 10.7. The molecular formula is C17H16Cl2N4O5. The van der Waals surface area contributed by atoms with Crippen molar-refractivity contribution in [2.24, 2.45) is 5.16 Å². The standard InChI is InChI=1S/C17H16Cl2N4O5/c18-9-2-1-7(5-10(9)19)11(24)14-12(25)13(26)17(28-14)23-4-3-8-15(22-27)20-6-21-16(8)23/h1-6,11-14,17,24-27H,(H,20,21,22)/t11-,12+,13-,14-,17-/m1/s1. The van der Waals surface area contributed by atoms with Crippen LogP contribution < -0.4 is 5.49 Å². The highest BCUT2D eigenvalue weighted by Gasteiger charge is 2.47. The number of rotatable bonds is 3. The molecule has 9 nitrogen and oxygen atoms in total. The predicted molar refractivity (Wildman–Crippen MR) is 98.8 cm³/mol. The lowest BCUT2D eigenvalue weighted by Crippen LogP contribution is -2.34. The molecule has 0 unspecified atom stereocenters. The molecule has 0 saturated carbocycles. The Balaban J connectivity index is 1.67. The fourth-order valence-electron chi connectivity index (χ4n) is 3.36. The first-order chi connectivity index (χ1) is 13.4. The summed E-state index contributed by atoms with van der Waals surface area (Å²) >= 11 is 11.9. The minimum Gasteiger partial charge on any atom is -0.409 e. The third-order valence-electron chi connectivity index (χ3n) is 4.78. The molecule has 0 spiro atoms. The summed E-state index contributed by atoms with van der Waals surface area (Å²) in [6.45, 7) is 0. The summed E-state index contributed by atoms with van der Waals surface area (Å²) in [5.41, 5.74) is 0.942. The van der Waals surface area contributed by atoms with Gasteiger partial charge in [-0.15, -0.1) is 0 Å². The van der Waals surface area contributed by atoms with Gasteiger partial charge in [-0.3, -0.25) is 0 Å². The fraction of sp³-hybridized carbons (Fsp3) is 0.294. The first-order valence-electron chi connectivity index (χ1n) is 8.29. The molecule has 0 amide bonds. The molecule has 2 aromatic heterocycles. The second-order valence-corrected chi connectivity index (χ2v) is 7.22. The molecule has 1 aromatic carbocycles. The summed E-state index contributed by atoms with van der Waals surface area (Å²) in [6, 6.07) is 6.19. The van der Waals surface area contributed by atoms with E-state index in [0.29, 0.717) is 21.6 Å². The van der Waals surface area contributed by atoms with Crippen LogP contribution in [0.5, 0.6) is 0 Å². The summed E-state index contributed by atoms with van der Waals surface area (Å²) in [5.74, 6) is 0. The van der Waals surface area contributed by atoms with E-state index in [-0.39, 0.29) is 10.5 Å². The van der Waals surface area contributed by atoms with E-state index in [0.717, 1.165) is 0 Å². The van der Waals surface area contributed by atoms with Crippen molar-refractivity contribution < 1.29 is 25.3 Å². The topological polar surface area (TPSA) is 136 Å². The Labute approximate surface area is 168 Å². The molecule has 1 aliphatic heterocycles. The van der Waals surface area contributed by atoms with Crippen LogP contribution in [0.4, 0.5) is 0 Å². The van der Waals surface area contributed by atoms with E-state index in [1.165, 1.54) is 23.0 Å². The van der Waals surface area contributed by atoms with Crippen molar-refractivity contribution >= 4 is 34.2 Å². The number of halogens is 2. The van der Waals surface area contributed by atoms with Gasteiger partial charge in [0, 0.05) is 6.20 Å². The van der Waals surface area contributed by atoms with Gasteiger partial charge in [-0.05, 0) is 23.8 Å². The average molecular weight is 427 g/mol. The SMILES string of the molecule is O/N=c1\nc[nH]c2c1ccn2[C@@H]1O[C@H]([C@H](O)c2ccc(Cl)c(Cl)c2)[C@@H](O)[C@H]1O. The maximum absolute atomic E-state index is 10.7. The number of fused-ring (bicyclic) bond motifs is 1. The summed E-state index contributed by atoms with van der Waals surface area (Å²) in [4.78, 5) is 6.79. The zero-order valence-corrected chi connectivity index (χ0v) is 15.7. The van der Waals surface area contributed by atoms with E-state index in [9.17, 15) is 15.3 Å². The molecule has 0 bridgehead atoms. The molecule has 0 radical (unpaired) electrons. The lowest BCUT2D eigenvalue weighted by atomic mass is 9.99. The quantitative estimate of drug-likeness (QED) is 0.316. The van der Waals surface area contributed by atoms with Gasteiger partial charge in [-0.2, -0.15) is 0 Å². The molecule has 5 N–H and O–H groups in total. The van der Waals surface area contributed by atoms with Crippen molar-refractivity contribution in [3.05, 3.63) is 57.9 Å². The van der Waals surface area contributed by atoms with Gasteiger partial charge < -0.3 is 34.8 Å². The van der Waals surface area contributed by atoms with Gasteiger partial charge in [-0.25, -0.2) is 4.98 Å². The molecule has 1 aliphatic rings. The summed E-state index contributed by atoms with van der Waals surface area (Å²) in [5, 5.41) is 44.9. The molecule has 5 atom stereocenters. The number of nitrogens with one attached hydrogen (secondary N) is 1. The normalized spacial score (nSPS) is 26.8. The number of ether oxygens (including phenoxy) is 1. The van der Waals surface area contributed by atoms with Gasteiger partial charge in [0.15, 0.2) is 6.23 Å². The number of H-pyrrole nitrogens is 1. The average Bonchev–Trinajstić information content (AvgIpc) is 3.25. The predicted octanol–water partition coefficient (Wildman–Crippen LogP) is 1.31. The van der Waals surface area contributed by atoms with E-state index in [1.807, 2.05) is 0 Å². The second-order valence-electron chi connectivity index (χ2n) is 6.40. The lowest BCUT2D eigenvalue weighted by Gasteiger charge is -2.21. The second kappa shape index (κ2) is 7.36. The lowest BCUT2D eigenvalue weighted by molar-refractivity contribution is -0.0848. The van der Waals surface area contributed by atoms with E-state index < -0.39 is 30.6 Å². The number of aliphatic hydroxyl groups excluding tert-OH is 3. The Morgan fingerprint density at radius 2 is 1.96 bits per heavy atom. The van der Waals surface area contributed by atoms with Crippen LogP contribution in [-0.4, -0.2) is 53.4 Å². The van der Waals surface area contributed by atoms with Crippen LogP contribution in [0.3, 0.4) is 0 Å². The zero-order chi connectivity index (χ0) is 20.0. The molecular weight excluding hydrogens is 411 g/mol. The van der Waals surface area contributed by atoms with Gasteiger partial charge in [0.1, 0.15) is 30.1 Å². The van der Waals surface area contributed by atoms with Gasteiger partial charge in [-0.1, -0.05) is 34.4 Å². The van der Waals surface area contributed by atoms with Crippen molar-refractivity contribution in [2.75, 3.05) is 0 Å². The molecule has 1 saturated heterocycles. The van der Waals surface area contributed by atoms with Gasteiger partial charge >= 0.3 is 0 Å². The van der Waals surface area contributed by atoms with Crippen LogP contribution in [0.25, 0.3) is 11.0 Å². The van der Waals surface area contributed by atoms with Crippen molar-refractivity contribution in [2.45, 2.75) is 30.6 Å². The Bertz CT molecular complexity index is 1080. The largest absolute Gasteiger partial charge is 0.409 e. The Hall–Kier alpha value is -2.14. The Morgan fingerprint density at radius 3 is 2.68 bits per heavy atom. The molecule has 148 valence electrons. The van der Waals surface area contributed by atoms with E-state index in [2.05, 4.69) is 15.1 Å². The van der Waals surface area contributed by atoms with Crippen molar-refractivity contribution in [1.29, 1.82) is 0 Å². The zero-order valence-electron chi connectivity index (χ0n) is 14.1. The minimum atomic E-state index is -1.37. The van der Waals surface area contributed by atoms with Crippen LogP contribution in [0, 0.1) is 0 Å². The number of hydrogen-bond acceptors (Lipinski definition) is 7. The number of nitrogens with zero attached hydrogens (tertiary/aromatic N) is 3. The van der Waals surface area contributed by atoms with Crippen LogP contribution in [0.2, 0.25) is 10.0 Å². The molecule has 4 rings (SSSR count). The number of aliphatic hydroxyl groups is 3. The summed E-state index contributed by atoms with van der Waals surface area (Å²) in [7, 11) is 0. The van der Waals surface area contributed by atoms with Crippen molar-refractivity contribution in [1.82, 2.24) is 14.5 Å². The number of aromatic amines is 1. The number of aromatic nitrogens is 3. The highest BCUT2D eigenvalue weighted by Crippen LogP contribution is 2.38. The first-order valence-corrected chi connectivity index (χ1v) is 9.05. The van der Waals surface area contributed by atoms with Crippen LogP contribution in [0.1, 0.15) is 17.9 Å². The fourth-order valence-corrected chi connectivity index (χ4v) is 3.66. The third-order valence-corrected chi connectivity index (χ3v) is 5.52. The van der Waals surface area contributed by atoms with Gasteiger partial charge in [0.2, 0.25) is 5.49 Å².